The van der Waals surface area contributed by atoms with E-state index >= 15 is 0 Å². The van der Waals surface area contributed by atoms with Gasteiger partial charge in [0.2, 0.25) is 5.88 Å². The van der Waals surface area contributed by atoms with Gasteiger partial charge in [-0.2, -0.15) is 0 Å². The van der Waals surface area contributed by atoms with Gasteiger partial charge in [0.1, 0.15) is 6.33 Å². The van der Waals surface area contributed by atoms with Gasteiger partial charge in [0.25, 0.3) is 5.56 Å². The lowest BCUT2D eigenvalue weighted by molar-refractivity contribution is 0.452. The highest BCUT2D eigenvalue weighted by atomic mass is 32.1. The van der Waals surface area contributed by atoms with E-state index in [1.807, 2.05) is 6.07 Å². The molecule has 0 aliphatic carbocycles. The highest BCUT2D eigenvalue weighted by molar-refractivity contribution is 7.19. The molecule has 0 aromatic carbocycles. The molecule has 3 rings (SSSR count). The summed E-state index contributed by atoms with van der Waals surface area (Å²) in [6, 6.07) is 3.53. The summed E-state index contributed by atoms with van der Waals surface area (Å²) in [5.74, 6) is -0.0725. The number of thiophene rings is 1. The minimum Gasteiger partial charge on any atom is -0.493 e. The molecular formula is C17H19N3O2S. The van der Waals surface area contributed by atoms with Gasteiger partial charge in [-0.05, 0) is 18.9 Å². The summed E-state index contributed by atoms with van der Waals surface area (Å²) < 4.78 is 2.50. The van der Waals surface area contributed by atoms with Crippen LogP contribution in [0.1, 0.15) is 31.1 Å². The van der Waals surface area contributed by atoms with Crippen LogP contribution in [0.3, 0.4) is 0 Å². The molecule has 0 bridgehead atoms. The number of aromatic nitrogens is 3. The monoisotopic (exact) mass is 329 g/mol. The molecule has 0 atom stereocenters. The van der Waals surface area contributed by atoms with E-state index in [4.69, 9.17) is 0 Å². The Hall–Kier alpha value is -2.21. The first-order valence-electron chi connectivity index (χ1n) is 7.73. The first-order valence-corrected chi connectivity index (χ1v) is 8.55. The third-order valence-electron chi connectivity index (χ3n) is 3.86. The van der Waals surface area contributed by atoms with Gasteiger partial charge in [0.15, 0.2) is 0 Å². The Kier molecular flexibility index (Phi) is 4.43. The van der Waals surface area contributed by atoms with Crippen molar-refractivity contribution in [2.75, 3.05) is 0 Å². The van der Waals surface area contributed by atoms with E-state index in [9.17, 15) is 9.90 Å². The standard InChI is InChI=1S/C17H19N3O2S/c1-3-4-5-6-11-7-12-16(23-11)13(9-20(2)17(12)22)14-8-15(21)19-10-18-14/h7-10H,3-6H2,1-2H3,(H,18,19,21). The zero-order chi connectivity index (χ0) is 16.4. The van der Waals surface area contributed by atoms with Crippen LogP contribution in [-0.4, -0.2) is 19.6 Å². The summed E-state index contributed by atoms with van der Waals surface area (Å²) in [5.41, 5.74) is 1.48. The second-order valence-corrected chi connectivity index (χ2v) is 6.77. The molecule has 6 heteroatoms. The summed E-state index contributed by atoms with van der Waals surface area (Å²) in [6.45, 7) is 2.18. The maximum atomic E-state index is 12.4. The van der Waals surface area contributed by atoms with E-state index in [0.29, 0.717) is 5.69 Å². The summed E-state index contributed by atoms with van der Waals surface area (Å²) in [7, 11) is 1.74. The Balaban J connectivity index is 2.14. The molecule has 0 saturated carbocycles. The summed E-state index contributed by atoms with van der Waals surface area (Å²) in [5, 5.41) is 10.3. The number of pyridine rings is 1. The van der Waals surface area contributed by atoms with Crippen molar-refractivity contribution < 1.29 is 5.11 Å². The number of aryl methyl sites for hydroxylation is 2. The molecular weight excluding hydrogens is 310 g/mol. The van der Waals surface area contributed by atoms with Crippen LogP contribution >= 0.6 is 11.3 Å². The van der Waals surface area contributed by atoms with E-state index < -0.39 is 0 Å². The Morgan fingerprint density at radius 2 is 2.09 bits per heavy atom. The number of unbranched alkanes of at least 4 members (excludes halogenated alkanes) is 2. The Morgan fingerprint density at radius 1 is 1.26 bits per heavy atom. The molecule has 3 aromatic rings. The molecule has 5 nitrogen and oxygen atoms in total. The highest BCUT2D eigenvalue weighted by Crippen LogP contribution is 2.33. The van der Waals surface area contributed by atoms with Crippen molar-refractivity contribution in [3.8, 4) is 17.1 Å². The van der Waals surface area contributed by atoms with Gasteiger partial charge in [-0.15, -0.1) is 11.3 Å². The maximum Gasteiger partial charge on any atom is 0.259 e. The first-order chi connectivity index (χ1) is 11.1. The van der Waals surface area contributed by atoms with Crippen molar-refractivity contribution >= 4 is 21.4 Å². The van der Waals surface area contributed by atoms with Crippen LogP contribution in [0.4, 0.5) is 0 Å². The minimum absolute atomic E-state index is 0.0000181. The number of nitrogens with zero attached hydrogens (tertiary/aromatic N) is 3. The lowest BCUT2D eigenvalue weighted by Gasteiger charge is -2.05. The second kappa shape index (κ2) is 6.50. The number of hydrogen-bond donors (Lipinski definition) is 1. The second-order valence-electron chi connectivity index (χ2n) is 5.63. The number of hydrogen-bond acceptors (Lipinski definition) is 5. The van der Waals surface area contributed by atoms with E-state index in [-0.39, 0.29) is 11.4 Å². The quantitative estimate of drug-likeness (QED) is 0.728. The fourth-order valence-electron chi connectivity index (χ4n) is 2.65. The number of aromatic hydroxyl groups is 1. The van der Waals surface area contributed by atoms with Crippen molar-refractivity contribution in [1.29, 1.82) is 0 Å². The van der Waals surface area contributed by atoms with Crippen LogP contribution in [0.15, 0.2) is 29.5 Å². The molecule has 0 radical (unpaired) electrons. The van der Waals surface area contributed by atoms with Gasteiger partial charge < -0.3 is 9.67 Å². The average molecular weight is 329 g/mol. The van der Waals surface area contributed by atoms with Crippen LogP contribution in [0.25, 0.3) is 21.3 Å². The van der Waals surface area contributed by atoms with E-state index in [1.165, 1.54) is 30.1 Å². The third kappa shape index (κ3) is 3.12. The van der Waals surface area contributed by atoms with Gasteiger partial charge in [-0.25, -0.2) is 9.97 Å². The number of rotatable bonds is 5. The van der Waals surface area contributed by atoms with Crippen molar-refractivity contribution in [2.24, 2.45) is 7.05 Å². The molecule has 0 fully saturated rings. The fraction of sp³-hybridized carbons (Fsp3) is 0.353. The molecule has 23 heavy (non-hydrogen) atoms. The van der Waals surface area contributed by atoms with Crippen molar-refractivity contribution in [1.82, 2.24) is 14.5 Å². The van der Waals surface area contributed by atoms with Gasteiger partial charge in [-0.1, -0.05) is 19.8 Å². The Labute approximate surface area is 138 Å². The molecule has 3 aromatic heterocycles. The SMILES string of the molecule is CCCCCc1cc2c(=O)n(C)cc(-c3cc(O)ncn3)c2s1. The van der Waals surface area contributed by atoms with Gasteiger partial charge in [-0.3, -0.25) is 4.79 Å². The maximum absolute atomic E-state index is 12.4. The smallest absolute Gasteiger partial charge is 0.259 e. The lowest BCUT2D eigenvalue weighted by atomic mass is 10.1. The fourth-order valence-corrected chi connectivity index (χ4v) is 3.86. The van der Waals surface area contributed by atoms with Crippen LogP contribution in [-0.2, 0) is 13.5 Å². The van der Waals surface area contributed by atoms with Crippen LogP contribution in [0, 0.1) is 0 Å². The minimum atomic E-state index is -0.0725. The molecule has 0 amide bonds. The first kappa shape index (κ1) is 15.7. The molecule has 3 heterocycles. The lowest BCUT2D eigenvalue weighted by Crippen LogP contribution is -2.15. The molecule has 0 unspecified atom stereocenters. The zero-order valence-electron chi connectivity index (χ0n) is 13.2. The molecule has 0 aliphatic heterocycles. The van der Waals surface area contributed by atoms with Gasteiger partial charge in [0.05, 0.1) is 15.8 Å². The van der Waals surface area contributed by atoms with Crippen LogP contribution < -0.4 is 5.56 Å². The van der Waals surface area contributed by atoms with Crippen LogP contribution in [0.2, 0.25) is 0 Å². The predicted octanol–water partition coefficient (Wildman–Crippen LogP) is 3.50. The Morgan fingerprint density at radius 3 is 2.83 bits per heavy atom. The highest BCUT2D eigenvalue weighted by Gasteiger charge is 2.14. The Bertz CT molecular complexity index is 898. The van der Waals surface area contributed by atoms with E-state index in [1.54, 1.807) is 29.1 Å². The van der Waals surface area contributed by atoms with Crippen molar-refractivity contribution in [2.45, 2.75) is 32.6 Å². The van der Waals surface area contributed by atoms with Crippen molar-refractivity contribution in [3.05, 3.63) is 39.9 Å². The topological polar surface area (TPSA) is 68.0 Å². The molecule has 0 saturated heterocycles. The number of fused-ring (bicyclic) bond motifs is 1. The van der Waals surface area contributed by atoms with Crippen molar-refractivity contribution in [3.63, 3.8) is 0 Å². The average Bonchev–Trinajstić information content (AvgIpc) is 2.95. The van der Waals surface area contributed by atoms with Gasteiger partial charge in [0, 0.05) is 29.8 Å². The third-order valence-corrected chi connectivity index (χ3v) is 5.08. The summed E-state index contributed by atoms with van der Waals surface area (Å²) in [4.78, 5) is 21.6. The van der Waals surface area contributed by atoms with E-state index in [0.717, 1.165) is 28.5 Å². The molecule has 1 N–H and O–H groups in total. The predicted molar refractivity (Wildman–Crippen MR) is 93.0 cm³/mol. The van der Waals surface area contributed by atoms with Gasteiger partial charge >= 0.3 is 0 Å². The molecule has 120 valence electrons. The molecule has 0 spiro atoms. The largest absolute Gasteiger partial charge is 0.493 e. The molecule has 0 aliphatic rings. The zero-order valence-corrected chi connectivity index (χ0v) is 14.1. The normalized spacial score (nSPS) is 11.2. The van der Waals surface area contributed by atoms with Crippen LogP contribution in [0.5, 0.6) is 5.88 Å². The summed E-state index contributed by atoms with van der Waals surface area (Å²) >= 11 is 1.64. The summed E-state index contributed by atoms with van der Waals surface area (Å²) in [6.07, 6.45) is 7.60. The van der Waals surface area contributed by atoms with E-state index in [2.05, 4.69) is 16.9 Å².